The van der Waals surface area contributed by atoms with E-state index in [2.05, 4.69) is 10.0 Å². The number of benzene rings is 2. The van der Waals surface area contributed by atoms with Crippen LogP contribution in [-0.2, 0) is 14.8 Å². The molecule has 6 nitrogen and oxygen atoms in total. The third-order valence-corrected chi connectivity index (χ3v) is 4.60. The van der Waals surface area contributed by atoms with Crippen LogP contribution >= 0.6 is 0 Å². The maximum absolute atomic E-state index is 12.2. The third-order valence-electron chi connectivity index (χ3n) is 3.14. The van der Waals surface area contributed by atoms with E-state index in [0.717, 1.165) is 10.8 Å². The number of fused-ring (bicyclic) bond motifs is 1. The maximum Gasteiger partial charge on any atom is 0.240 e. The van der Waals surface area contributed by atoms with Gasteiger partial charge in [-0.3, -0.25) is 4.79 Å². The Morgan fingerprint density at radius 3 is 2.50 bits per heavy atom. The van der Waals surface area contributed by atoms with Crippen molar-refractivity contribution in [2.45, 2.75) is 11.3 Å². The normalized spacial score (nSPS) is 11.5. The van der Waals surface area contributed by atoms with Gasteiger partial charge in [-0.1, -0.05) is 30.3 Å². The van der Waals surface area contributed by atoms with Crippen molar-refractivity contribution in [3.05, 3.63) is 42.5 Å². The maximum atomic E-state index is 12.2. The van der Waals surface area contributed by atoms with E-state index in [0.29, 0.717) is 13.1 Å². The second-order valence-corrected chi connectivity index (χ2v) is 6.56. The summed E-state index contributed by atoms with van der Waals surface area (Å²) in [5.41, 5.74) is 5.27. The molecule has 2 rings (SSSR count). The number of amides is 1. The summed E-state index contributed by atoms with van der Waals surface area (Å²) in [6, 6.07) is 12.5. The van der Waals surface area contributed by atoms with E-state index in [1.165, 1.54) is 0 Å². The van der Waals surface area contributed by atoms with Crippen LogP contribution in [0, 0.1) is 0 Å². The van der Waals surface area contributed by atoms with Crippen molar-refractivity contribution in [3.8, 4) is 0 Å². The van der Waals surface area contributed by atoms with Crippen molar-refractivity contribution in [2.24, 2.45) is 5.73 Å². The van der Waals surface area contributed by atoms with E-state index in [1.807, 2.05) is 24.3 Å². The van der Waals surface area contributed by atoms with E-state index >= 15 is 0 Å². The molecule has 7 heteroatoms. The molecule has 4 N–H and O–H groups in total. The quantitative estimate of drug-likeness (QED) is 0.694. The molecule has 0 aromatic heterocycles. The van der Waals surface area contributed by atoms with Crippen LogP contribution < -0.4 is 15.8 Å². The highest BCUT2D eigenvalue weighted by Gasteiger charge is 2.14. The van der Waals surface area contributed by atoms with Gasteiger partial charge in [-0.15, -0.1) is 0 Å². The second-order valence-electron chi connectivity index (χ2n) is 4.80. The smallest absolute Gasteiger partial charge is 0.240 e. The fourth-order valence-electron chi connectivity index (χ4n) is 2.02. The van der Waals surface area contributed by atoms with Gasteiger partial charge in [0.25, 0.3) is 0 Å². The van der Waals surface area contributed by atoms with Gasteiger partial charge in [-0.2, -0.15) is 0 Å². The molecule has 1 amide bonds. The Labute approximate surface area is 129 Å². The van der Waals surface area contributed by atoms with Crippen LogP contribution in [0.25, 0.3) is 10.8 Å². The first-order chi connectivity index (χ1) is 10.5. The molecule has 0 atom stereocenters. The Balaban J connectivity index is 2.01. The number of nitrogens with two attached hydrogens (primary N) is 1. The van der Waals surface area contributed by atoms with Crippen LogP contribution in [-0.4, -0.2) is 34.0 Å². The van der Waals surface area contributed by atoms with Gasteiger partial charge in [0.2, 0.25) is 15.9 Å². The minimum atomic E-state index is -3.62. The average Bonchev–Trinajstić information content (AvgIpc) is 2.52. The number of sulfonamides is 1. The van der Waals surface area contributed by atoms with Gasteiger partial charge in [0, 0.05) is 26.1 Å². The van der Waals surface area contributed by atoms with Gasteiger partial charge in [-0.25, -0.2) is 13.1 Å². The summed E-state index contributed by atoms with van der Waals surface area (Å²) in [7, 11) is -3.62. The van der Waals surface area contributed by atoms with E-state index in [-0.39, 0.29) is 23.8 Å². The second kappa shape index (κ2) is 7.35. The number of hydrogen-bond acceptors (Lipinski definition) is 4. The summed E-state index contributed by atoms with van der Waals surface area (Å²) in [4.78, 5) is 11.6. The molecular formula is C15H19N3O3S. The topological polar surface area (TPSA) is 101 Å². The molecule has 0 aliphatic carbocycles. The van der Waals surface area contributed by atoms with Crippen molar-refractivity contribution in [2.75, 3.05) is 19.6 Å². The van der Waals surface area contributed by atoms with Gasteiger partial charge in [0.15, 0.2) is 0 Å². The van der Waals surface area contributed by atoms with Crippen molar-refractivity contribution < 1.29 is 13.2 Å². The van der Waals surface area contributed by atoms with E-state index < -0.39 is 10.0 Å². The predicted molar refractivity (Wildman–Crippen MR) is 85.8 cm³/mol. The van der Waals surface area contributed by atoms with Crippen LogP contribution in [0.2, 0.25) is 0 Å². The molecule has 22 heavy (non-hydrogen) atoms. The fraction of sp³-hybridized carbons (Fsp3) is 0.267. The molecule has 0 bridgehead atoms. The Kier molecular flexibility index (Phi) is 5.48. The summed E-state index contributed by atoms with van der Waals surface area (Å²) in [5.74, 6) is -0.230. The number of hydrogen-bond donors (Lipinski definition) is 3. The van der Waals surface area contributed by atoms with Crippen LogP contribution in [0.4, 0.5) is 0 Å². The van der Waals surface area contributed by atoms with Crippen molar-refractivity contribution in [1.82, 2.24) is 10.0 Å². The molecule has 0 unspecified atom stereocenters. The summed E-state index contributed by atoms with van der Waals surface area (Å²) in [5, 5.41) is 4.41. The lowest BCUT2D eigenvalue weighted by molar-refractivity contribution is -0.120. The van der Waals surface area contributed by atoms with Crippen LogP contribution in [0.1, 0.15) is 6.42 Å². The monoisotopic (exact) mass is 321 g/mol. The molecule has 118 valence electrons. The zero-order chi connectivity index (χ0) is 16.0. The highest BCUT2D eigenvalue weighted by Crippen LogP contribution is 2.18. The minimum Gasteiger partial charge on any atom is -0.355 e. The summed E-state index contributed by atoms with van der Waals surface area (Å²) < 4.78 is 26.8. The van der Waals surface area contributed by atoms with Crippen LogP contribution in [0.5, 0.6) is 0 Å². The zero-order valence-electron chi connectivity index (χ0n) is 12.1. The molecule has 2 aromatic rings. The Morgan fingerprint density at radius 2 is 1.77 bits per heavy atom. The van der Waals surface area contributed by atoms with Crippen molar-refractivity contribution >= 4 is 26.7 Å². The number of nitrogens with one attached hydrogen (secondary N) is 2. The highest BCUT2D eigenvalue weighted by molar-refractivity contribution is 7.89. The molecule has 0 fully saturated rings. The standard InChI is InChI=1S/C15H19N3O3S/c16-8-10-17-15(19)7-9-18-22(20,21)14-6-5-12-3-1-2-4-13(12)11-14/h1-6,11,18H,7-10,16H2,(H,17,19). The van der Waals surface area contributed by atoms with Gasteiger partial charge in [0.05, 0.1) is 4.90 Å². The number of carbonyl (C=O) groups is 1. The zero-order valence-corrected chi connectivity index (χ0v) is 12.9. The van der Waals surface area contributed by atoms with Crippen molar-refractivity contribution in [3.63, 3.8) is 0 Å². The van der Waals surface area contributed by atoms with Gasteiger partial charge < -0.3 is 11.1 Å². The molecule has 0 heterocycles. The molecule has 0 saturated carbocycles. The fourth-order valence-corrected chi connectivity index (χ4v) is 3.08. The first-order valence-electron chi connectivity index (χ1n) is 6.98. The molecule has 0 aliphatic heterocycles. The predicted octanol–water partition coefficient (Wildman–Crippen LogP) is 0.583. The molecular weight excluding hydrogens is 302 g/mol. The van der Waals surface area contributed by atoms with Crippen molar-refractivity contribution in [1.29, 1.82) is 0 Å². The lowest BCUT2D eigenvalue weighted by Gasteiger charge is -2.08. The molecule has 0 spiro atoms. The van der Waals surface area contributed by atoms with Gasteiger partial charge >= 0.3 is 0 Å². The SMILES string of the molecule is NCCNC(=O)CCNS(=O)(=O)c1ccc2ccccc2c1. The first-order valence-corrected chi connectivity index (χ1v) is 8.46. The molecule has 0 radical (unpaired) electrons. The average molecular weight is 321 g/mol. The van der Waals surface area contributed by atoms with E-state index in [4.69, 9.17) is 5.73 Å². The lowest BCUT2D eigenvalue weighted by atomic mass is 10.1. The molecule has 2 aromatic carbocycles. The van der Waals surface area contributed by atoms with E-state index in [9.17, 15) is 13.2 Å². The van der Waals surface area contributed by atoms with Crippen LogP contribution in [0.3, 0.4) is 0 Å². The van der Waals surface area contributed by atoms with E-state index in [1.54, 1.807) is 18.2 Å². The Morgan fingerprint density at radius 1 is 1.05 bits per heavy atom. The van der Waals surface area contributed by atoms with Crippen LogP contribution in [0.15, 0.2) is 47.4 Å². The lowest BCUT2D eigenvalue weighted by Crippen LogP contribution is -2.33. The largest absolute Gasteiger partial charge is 0.355 e. The van der Waals surface area contributed by atoms with Gasteiger partial charge in [0.1, 0.15) is 0 Å². The summed E-state index contributed by atoms with van der Waals surface area (Å²) in [6.07, 6.45) is 0.0762. The first kappa shape index (κ1) is 16.4. The number of rotatable bonds is 7. The highest BCUT2D eigenvalue weighted by atomic mass is 32.2. The molecule has 0 saturated heterocycles. The molecule has 0 aliphatic rings. The summed E-state index contributed by atoms with van der Waals surface area (Å²) >= 11 is 0. The Hall–Kier alpha value is -1.96. The summed E-state index contributed by atoms with van der Waals surface area (Å²) in [6.45, 7) is 0.788. The third kappa shape index (κ3) is 4.27. The minimum absolute atomic E-state index is 0.0472. The number of carbonyl (C=O) groups excluding carboxylic acids is 1. The van der Waals surface area contributed by atoms with Gasteiger partial charge in [-0.05, 0) is 22.9 Å². The Bertz CT molecular complexity index is 759.